The molecule has 0 atom stereocenters. The van der Waals surface area contributed by atoms with Crippen molar-refractivity contribution in [2.45, 2.75) is 32.7 Å². The van der Waals surface area contributed by atoms with Crippen LogP contribution in [0.15, 0.2) is 9.59 Å². The molecule has 0 aliphatic heterocycles. The quantitative estimate of drug-likeness (QED) is 0.777. The standard InChI is InChI=1S/C10H13FN2O3/c1-10(3-2-4-10)5-13-8(15)6(11)7(14)12-9(13)16/h15H,2-5H2,1H3,(H,12,14,16). The Hall–Kier alpha value is -1.59. The van der Waals surface area contributed by atoms with Gasteiger partial charge in [0.2, 0.25) is 11.7 Å². The summed E-state index contributed by atoms with van der Waals surface area (Å²) in [5.74, 6) is -2.18. The second-order valence-corrected chi connectivity index (χ2v) is 4.65. The minimum atomic E-state index is -1.30. The van der Waals surface area contributed by atoms with E-state index in [1.165, 1.54) is 0 Å². The van der Waals surface area contributed by atoms with Gasteiger partial charge in [-0.05, 0) is 18.3 Å². The highest BCUT2D eigenvalue weighted by Crippen LogP contribution is 2.41. The van der Waals surface area contributed by atoms with Crippen LogP contribution < -0.4 is 11.2 Å². The normalized spacial score (nSPS) is 18.1. The molecule has 2 rings (SSSR count). The summed E-state index contributed by atoms with van der Waals surface area (Å²) in [7, 11) is 0. The van der Waals surface area contributed by atoms with Gasteiger partial charge < -0.3 is 5.11 Å². The molecule has 0 unspecified atom stereocenters. The second-order valence-electron chi connectivity index (χ2n) is 4.65. The van der Waals surface area contributed by atoms with Crippen LogP contribution >= 0.6 is 0 Å². The van der Waals surface area contributed by atoms with Crippen LogP contribution in [0.1, 0.15) is 26.2 Å². The summed E-state index contributed by atoms with van der Waals surface area (Å²) in [5.41, 5.74) is -2.04. The van der Waals surface area contributed by atoms with Gasteiger partial charge >= 0.3 is 5.69 Å². The fourth-order valence-corrected chi connectivity index (χ4v) is 2.00. The Labute approximate surface area is 90.5 Å². The number of nitrogens with one attached hydrogen (secondary N) is 1. The van der Waals surface area contributed by atoms with Gasteiger partial charge in [0.1, 0.15) is 0 Å². The molecule has 0 amide bonds. The van der Waals surface area contributed by atoms with Crippen LogP contribution in [0, 0.1) is 11.2 Å². The number of H-pyrrole nitrogens is 1. The summed E-state index contributed by atoms with van der Waals surface area (Å²) in [6, 6.07) is 0. The van der Waals surface area contributed by atoms with Gasteiger partial charge in [-0.25, -0.2) is 4.79 Å². The maximum atomic E-state index is 13.1. The Morgan fingerprint density at radius 1 is 1.50 bits per heavy atom. The van der Waals surface area contributed by atoms with Crippen LogP contribution in [0.5, 0.6) is 5.88 Å². The van der Waals surface area contributed by atoms with Gasteiger partial charge in [0.15, 0.2) is 0 Å². The average molecular weight is 228 g/mol. The van der Waals surface area contributed by atoms with E-state index in [9.17, 15) is 19.1 Å². The van der Waals surface area contributed by atoms with E-state index < -0.39 is 22.9 Å². The molecule has 1 saturated carbocycles. The molecule has 0 saturated heterocycles. The lowest BCUT2D eigenvalue weighted by Gasteiger charge is -2.38. The van der Waals surface area contributed by atoms with Crippen LogP contribution in [0.4, 0.5) is 4.39 Å². The number of hydrogen-bond acceptors (Lipinski definition) is 3. The molecule has 0 spiro atoms. The lowest BCUT2D eigenvalue weighted by atomic mass is 9.70. The largest absolute Gasteiger partial charge is 0.492 e. The Kier molecular flexibility index (Phi) is 2.36. The van der Waals surface area contributed by atoms with Crippen LogP contribution in [-0.4, -0.2) is 14.7 Å². The topological polar surface area (TPSA) is 75.1 Å². The maximum absolute atomic E-state index is 13.1. The first kappa shape index (κ1) is 10.9. The lowest BCUT2D eigenvalue weighted by molar-refractivity contribution is 0.123. The van der Waals surface area contributed by atoms with Crippen molar-refractivity contribution in [1.82, 2.24) is 9.55 Å². The first-order chi connectivity index (χ1) is 7.43. The summed E-state index contributed by atoms with van der Waals surface area (Å²) < 4.78 is 14.0. The number of nitrogens with zero attached hydrogens (tertiary/aromatic N) is 1. The first-order valence-electron chi connectivity index (χ1n) is 5.14. The molecular formula is C10H13FN2O3. The monoisotopic (exact) mass is 228 g/mol. The van der Waals surface area contributed by atoms with E-state index in [4.69, 9.17) is 0 Å². The zero-order valence-corrected chi connectivity index (χ0v) is 8.92. The van der Waals surface area contributed by atoms with Gasteiger partial charge in [-0.15, -0.1) is 0 Å². The molecule has 16 heavy (non-hydrogen) atoms. The van der Waals surface area contributed by atoms with E-state index in [1.54, 1.807) is 0 Å². The number of aromatic amines is 1. The predicted molar refractivity (Wildman–Crippen MR) is 54.9 cm³/mol. The molecule has 1 aliphatic rings. The Balaban J connectivity index is 2.45. The van der Waals surface area contributed by atoms with Gasteiger partial charge in [-0.3, -0.25) is 14.3 Å². The molecule has 2 N–H and O–H groups in total. The molecule has 1 aliphatic carbocycles. The summed E-state index contributed by atoms with van der Waals surface area (Å²) in [4.78, 5) is 24.1. The highest BCUT2D eigenvalue weighted by Gasteiger charge is 2.33. The van der Waals surface area contributed by atoms with Crippen LogP contribution in [-0.2, 0) is 6.54 Å². The molecule has 0 radical (unpaired) electrons. The third-order valence-corrected chi connectivity index (χ3v) is 3.22. The van der Waals surface area contributed by atoms with E-state index in [1.807, 2.05) is 11.9 Å². The van der Waals surface area contributed by atoms with Crippen molar-refractivity contribution in [2.75, 3.05) is 0 Å². The molecule has 5 nitrogen and oxygen atoms in total. The predicted octanol–water partition coefficient (Wildman–Crippen LogP) is 0.572. The summed E-state index contributed by atoms with van der Waals surface area (Å²) in [6.45, 7) is 2.19. The number of halogens is 1. The van der Waals surface area contributed by atoms with Gasteiger partial charge in [0.25, 0.3) is 5.56 Å². The lowest BCUT2D eigenvalue weighted by Crippen LogP contribution is -2.39. The highest BCUT2D eigenvalue weighted by atomic mass is 19.1. The van der Waals surface area contributed by atoms with Crippen LogP contribution in [0.2, 0.25) is 0 Å². The van der Waals surface area contributed by atoms with Crippen molar-refractivity contribution >= 4 is 0 Å². The van der Waals surface area contributed by atoms with E-state index in [-0.39, 0.29) is 12.0 Å². The molecule has 6 heteroatoms. The summed E-state index contributed by atoms with van der Waals surface area (Å²) in [5, 5.41) is 9.41. The Bertz CT molecular complexity index is 528. The zero-order chi connectivity index (χ0) is 11.9. The summed E-state index contributed by atoms with van der Waals surface area (Å²) in [6.07, 6.45) is 2.93. The van der Waals surface area contributed by atoms with Crippen LogP contribution in [0.25, 0.3) is 0 Å². The van der Waals surface area contributed by atoms with Gasteiger partial charge in [-0.2, -0.15) is 4.39 Å². The van der Waals surface area contributed by atoms with Crippen molar-refractivity contribution in [3.8, 4) is 5.88 Å². The van der Waals surface area contributed by atoms with Crippen LogP contribution in [0.3, 0.4) is 0 Å². The first-order valence-corrected chi connectivity index (χ1v) is 5.14. The van der Waals surface area contributed by atoms with E-state index in [2.05, 4.69) is 0 Å². The molecule has 1 fully saturated rings. The van der Waals surface area contributed by atoms with Crippen molar-refractivity contribution in [1.29, 1.82) is 0 Å². The molecule has 0 aromatic carbocycles. The Morgan fingerprint density at radius 2 is 2.12 bits per heavy atom. The SMILES string of the molecule is CC1(Cn2c(O)c(F)c(=O)[nH]c2=O)CCC1. The molecule has 0 bridgehead atoms. The van der Waals surface area contributed by atoms with Gasteiger partial charge in [0, 0.05) is 6.54 Å². The molecule has 1 aromatic heterocycles. The number of aromatic nitrogens is 2. The molecular weight excluding hydrogens is 215 g/mol. The van der Waals surface area contributed by atoms with Gasteiger partial charge in [-0.1, -0.05) is 13.3 Å². The minimum absolute atomic E-state index is 0.0913. The van der Waals surface area contributed by atoms with Crippen molar-refractivity contribution in [3.05, 3.63) is 26.7 Å². The van der Waals surface area contributed by atoms with Crippen molar-refractivity contribution in [2.24, 2.45) is 5.41 Å². The van der Waals surface area contributed by atoms with Crippen molar-refractivity contribution < 1.29 is 9.50 Å². The second kappa shape index (κ2) is 3.47. The average Bonchev–Trinajstić information content (AvgIpc) is 2.19. The molecule has 88 valence electrons. The maximum Gasteiger partial charge on any atom is 0.331 e. The van der Waals surface area contributed by atoms with E-state index >= 15 is 0 Å². The molecule has 1 heterocycles. The highest BCUT2D eigenvalue weighted by molar-refractivity contribution is 5.10. The minimum Gasteiger partial charge on any atom is -0.492 e. The Morgan fingerprint density at radius 3 is 2.62 bits per heavy atom. The third-order valence-electron chi connectivity index (χ3n) is 3.22. The molecule has 1 aromatic rings. The zero-order valence-electron chi connectivity index (χ0n) is 8.92. The number of hydrogen-bond donors (Lipinski definition) is 2. The van der Waals surface area contributed by atoms with E-state index in [0.717, 1.165) is 23.8 Å². The fraction of sp³-hybridized carbons (Fsp3) is 0.600. The van der Waals surface area contributed by atoms with Gasteiger partial charge in [0.05, 0.1) is 0 Å². The third kappa shape index (κ3) is 1.64. The number of rotatable bonds is 2. The fourth-order valence-electron chi connectivity index (χ4n) is 2.00. The van der Waals surface area contributed by atoms with E-state index in [0.29, 0.717) is 0 Å². The summed E-state index contributed by atoms with van der Waals surface area (Å²) >= 11 is 0. The smallest absolute Gasteiger partial charge is 0.331 e. The number of aromatic hydroxyl groups is 1. The van der Waals surface area contributed by atoms with Crippen molar-refractivity contribution in [3.63, 3.8) is 0 Å².